The third-order valence-electron chi connectivity index (χ3n) is 3.03. The second-order valence-corrected chi connectivity index (χ2v) is 4.70. The molecule has 0 aromatic heterocycles. The summed E-state index contributed by atoms with van der Waals surface area (Å²) in [5, 5.41) is 5.87. The minimum absolute atomic E-state index is 0. The number of fused-ring (bicyclic) bond motifs is 1. The fraction of sp³-hybridized carbons (Fsp3) is 0.500. The molecule has 5 nitrogen and oxygen atoms in total. The highest BCUT2D eigenvalue weighted by Crippen LogP contribution is 2.30. The first-order valence-corrected chi connectivity index (χ1v) is 6.51. The van der Waals surface area contributed by atoms with Crippen LogP contribution in [0.3, 0.4) is 0 Å². The van der Waals surface area contributed by atoms with Crippen molar-refractivity contribution in [2.75, 3.05) is 26.7 Å². The minimum Gasteiger partial charge on any atom is -0.486 e. The first kappa shape index (κ1) is 16.6. The number of halogens is 1. The number of carbonyl (C=O) groups excluding carboxylic acids is 1. The van der Waals surface area contributed by atoms with Gasteiger partial charge in [-0.1, -0.05) is 19.1 Å². The highest BCUT2D eigenvalue weighted by Gasteiger charge is 2.21. The van der Waals surface area contributed by atoms with Gasteiger partial charge in [0.15, 0.2) is 11.5 Å². The van der Waals surface area contributed by atoms with Gasteiger partial charge in [0.25, 0.3) is 0 Å². The fourth-order valence-electron chi connectivity index (χ4n) is 1.95. The van der Waals surface area contributed by atoms with E-state index in [4.69, 9.17) is 9.47 Å². The molecule has 1 aromatic rings. The van der Waals surface area contributed by atoms with Crippen LogP contribution in [0.5, 0.6) is 11.5 Å². The molecule has 2 rings (SSSR count). The third-order valence-corrected chi connectivity index (χ3v) is 3.03. The molecule has 0 saturated heterocycles. The summed E-state index contributed by atoms with van der Waals surface area (Å²) in [6.45, 7) is 3.47. The molecule has 1 amide bonds. The maximum atomic E-state index is 11.8. The lowest BCUT2D eigenvalue weighted by Gasteiger charge is -2.26. The molecular formula is C14H21ClN2O3. The number of carbonyl (C=O) groups is 1. The molecule has 112 valence electrons. The molecule has 6 heteroatoms. The summed E-state index contributed by atoms with van der Waals surface area (Å²) in [5.74, 6) is 1.46. The van der Waals surface area contributed by atoms with Gasteiger partial charge < -0.3 is 20.1 Å². The predicted octanol–water partition coefficient (Wildman–Crippen LogP) is 1.22. The van der Waals surface area contributed by atoms with Gasteiger partial charge in [-0.3, -0.25) is 4.79 Å². The lowest BCUT2D eigenvalue weighted by atomic mass is 10.1. The van der Waals surface area contributed by atoms with Crippen LogP contribution in [0.4, 0.5) is 0 Å². The van der Waals surface area contributed by atoms with Crippen LogP contribution in [-0.2, 0) is 4.79 Å². The Balaban J connectivity index is 0.00000200. The number of hydrogen-bond acceptors (Lipinski definition) is 4. The standard InChI is InChI=1S/C14H20N2O3.ClH/c1-10(7-15-2)14(17)16-8-11-9-18-12-5-3-4-6-13(12)19-11;/h3-6,10-11,15H,7-9H2,1-2H3,(H,16,17);1H. The van der Waals surface area contributed by atoms with Crippen molar-refractivity contribution in [3.63, 3.8) is 0 Å². The number of ether oxygens (including phenoxy) is 2. The Bertz CT molecular complexity index is 442. The number of benzene rings is 1. The topological polar surface area (TPSA) is 59.6 Å². The van der Waals surface area contributed by atoms with Crippen LogP contribution < -0.4 is 20.1 Å². The molecule has 2 N–H and O–H groups in total. The smallest absolute Gasteiger partial charge is 0.224 e. The van der Waals surface area contributed by atoms with Crippen molar-refractivity contribution in [1.29, 1.82) is 0 Å². The molecule has 20 heavy (non-hydrogen) atoms. The van der Waals surface area contributed by atoms with E-state index in [1.165, 1.54) is 0 Å². The van der Waals surface area contributed by atoms with Crippen LogP contribution in [0.25, 0.3) is 0 Å². The molecule has 1 aliphatic heterocycles. The van der Waals surface area contributed by atoms with Crippen molar-refractivity contribution >= 4 is 18.3 Å². The Morgan fingerprint density at radius 2 is 2.10 bits per heavy atom. The fourth-order valence-corrected chi connectivity index (χ4v) is 1.95. The third kappa shape index (κ3) is 4.28. The van der Waals surface area contributed by atoms with E-state index < -0.39 is 0 Å². The number of rotatable bonds is 5. The van der Waals surface area contributed by atoms with E-state index in [1.807, 2.05) is 38.2 Å². The van der Waals surface area contributed by atoms with Crippen molar-refractivity contribution in [2.45, 2.75) is 13.0 Å². The summed E-state index contributed by atoms with van der Waals surface area (Å²) in [6.07, 6.45) is -0.138. The predicted molar refractivity (Wildman–Crippen MR) is 79.7 cm³/mol. The van der Waals surface area contributed by atoms with Crippen LogP contribution in [-0.4, -0.2) is 38.8 Å². The molecule has 1 heterocycles. The Morgan fingerprint density at radius 1 is 1.40 bits per heavy atom. The molecule has 0 fully saturated rings. The van der Waals surface area contributed by atoms with Crippen molar-refractivity contribution in [3.05, 3.63) is 24.3 Å². The zero-order valence-electron chi connectivity index (χ0n) is 11.7. The highest BCUT2D eigenvalue weighted by atomic mass is 35.5. The van der Waals surface area contributed by atoms with E-state index in [0.29, 0.717) is 19.7 Å². The van der Waals surface area contributed by atoms with Gasteiger partial charge >= 0.3 is 0 Å². The van der Waals surface area contributed by atoms with E-state index in [2.05, 4.69) is 10.6 Å². The summed E-state index contributed by atoms with van der Waals surface area (Å²) in [6, 6.07) is 7.55. The van der Waals surface area contributed by atoms with Gasteiger partial charge in [-0.25, -0.2) is 0 Å². The largest absolute Gasteiger partial charge is 0.486 e. The second-order valence-electron chi connectivity index (χ2n) is 4.70. The maximum absolute atomic E-state index is 11.8. The zero-order valence-corrected chi connectivity index (χ0v) is 12.5. The SMILES string of the molecule is CNCC(C)C(=O)NCC1COc2ccccc2O1.Cl. The first-order chi connectivity index (χ1) is 9.20. The summed E-state index contributed by atoms with van der Waals surface area (Å²) in [4.78, 5) is 11.8. The molecule has 0 saturated carbocycles. The molecule has 0 radical (unpaired) electrons. The lowest BCUT2D eigenvalue weighted by molar-refractivity contribution is -0.124. The summed E-state index contributed by atoms with van der Waals surface area (Å²) < 4.78 is 11.4. The Morgan fingerprint density at radius 3 is 2.80 bits per heavy atom. The number of para-hydroxylation sites is 2. The molecule has 2 unspecified atom stereocenters. The Labute approximate surface area is 125 Å². The van der Waals surface area contributed by atoms with Gasteiger partial charge in [0.05, 0.1) is 6.54 Å². The molecular weight excluding hydrogens is 280 g/mol. The minimum atomic E-state index is -0.138. The quantitative estimate of drug-likeness (QED) is 0.858. The average molecular weight is 301 g/mol. The van der Waals surface area contributed by atoms with E-state index in [-0.39, 0.29) is 30.3 Å². The van der Waals surface area contributed by atoms with E-state index in [9.17, 15) is 4.79 Å². The number of nitrogens with one attached hydrogen (secondary N) is 2. The normalized spacial score (nSPS) is 17.8. The molecule has 2 atom stereocenters. The van der Waals surface area contributed by atoms with E-state index in [1.54, 1.807) is 0 Å². The Hall–Kier alpha value is -1.46. The molecule has 0 spiro atoms. The molecule has 1 aliphatic rings. The lowest BCUT2D eigenvalue weighted by Crippen LogP contribution is -2.43. The average Bonchev–Trinajstić information content (AvgIpc) is 2.44. The molecule has 0 bridgehead atoms. The molecule has 0 aliphatic carbocycles. The van der Waals surface area contributed by atoms with Crippen LogP contribution in [0.15, 0.2) is 24.3 Å². The highest BCUT2D eigenvalue weighted by molar-refractivity contribution is 5.85. The summed E-state index contributed by atoms with van der Waals surface area (Å²) in [5.41, 5.74) is 0. The van der Waals surface area contributed by atoms with Crippen molar-refractivity contribution < 1.29 is 14.3 Å². The van der Waals surface area contributed by atoms with Gasteiger partial charge in [-0.05, 0) is 19.2 Å². The maximum Gasteiger partial charge on any atom is 0.224 e. The molecule has 1 aromatic carbocycles. The number of amides is 1. The van der Waals surface area contributed by atoms with Crippen molar-refractivity contribution in [2.24, 2.45) is 5.92 Å². The van der Waals surface area contributed by atoms with Crippen molar-refractivity contribution in [1.82, 2.24) is 10.6 Å². The van der Waals surface area contributed by atoms with Crippen molar-refractivity contribution in [3.8, 4) is 11.5 Å². The van der Waals surface area contributed by atoms with Gasteiger partial charge in [0.1, 0.15) is 12.7 Å². The van der Waals surface area contributed by atoms with Gasteiger partial charge in [0, 0.05) is 12.5 Å². The van der Waals surface area contributed by atoms with Crippen LogP contribution >= 0.6 is 12.4 Å². The van der Waals surface area contributed by atoms with Gasteiger partial charge in [-0.15, -0.1) is 12.4 Å². The summed E-state index contributed by atoms with van der Waals surface area (Å²) in [7, 11) is 1.83. The number of hydrogen-bond donors (Lipinski definition) is 2. The van der Waals surface area contributed by atoms with Gasteiger partial charge in [0.2, 0.25) is 5.91 Å². The second kappa shape index (κ2) is 7.97. The van der Waals surface area contributed by atoms with E-state index in [0.717, 1.165) is 11.5 Å². The van der Waals surface area contributed by atoms with Crippen LogP contribution in [0.2, 0.25) is 0 Å². The first-order valence-electron chi connectivity index (χ1n) is 6.51. The van der Waals surface area contributed by atoms with Crippen LogP contribution in [0.1, 0.15) is 6.92 Å². The zero-order chi connectivity index (χ0) is 13.7. The summed E-state index contributed by atoms with van der Waals surface area (Å²) >= 11 is 0. The monoisotopic (exact) mass is 300 g/mol. The van der Waals surface area contributed by atoms with Crippen LogP contribution in [0, 0.1) is 5.92 Å². The van der Waals surface area contributed by atoms with E-state index >= 15 is 0 Å². The van der Waals surface area contributed by atoms with Gasteiger partial charge in [-0.2, -0.15) is 0 Å². The Kier molecular flexibility index (Phi) is 6.61.